The highest BCUT2D eigenvalue weighted by Gasteiger charge is 2.30. The fourth-order valence-electron chi connectivity index (χ4n) is 2.34. The lowest BCUT2D eigenvalue weighted by atomic mass is 10.0. The summed E-state index contributed by atoms with van der Waals surface area (Å²) in [6.07, 6.45) is 1.74. The number of sulfone groups is 1. The van der Waals surface area contributed by atoms with Gasteiger partial charge in [-0.05, 0) is 19.1 Å². The second-order valence-electron chi connectivity index (χ2n) is 4.75. The van der Waals surface area contributed by atoms with E-state index in [0.717, 1.165) is 5.69 Å². The van der Waals surface area contributed by atoms with Crippen molar-refractivity contribution in [1.82, 2.24) is 9.88 Å². The average Bonchev–Trinajstić information content (AvgIpc) is 2.33. The van der Waals surface area contributed by atoms with Crippen LogP contribution in [0.3, 0.4) is 0 Å². The van der Waals surface area contributed by atoms with Crippen molar-refractivity contribution in [2.75, 3.05) is 24.6 Å². The van der Waals surface area contributed by atoms with Crippen molar-refractivity contribution in [3.05, 3.63) is 30.1 Å². The van der Waals surface area contributed by atoms with Gasteiger partial charge in [0.25, 0.3) is 0 Å². The fourth-order valence-corrected chi connectivity index (χ4v) is 3.57. The van der Waals surface area contributed by atoms with Crippen LogP contribution in [-0.2, 0) is 9.84 Å². The predicted octanol–water partition coefficient (Wildman–Crippen LogP) is 0.200. The Hall–Kier alpha value is -0.980. The van der Waals surface area contributed by atoms with E-state index in [4.69, 9.17) is 5.73 Å². The number of nitrogens with two attached hydrogens (primary N) is 1. The molecule has 0 aromatic carbocycles. The molecule has 1 aromatic rings. The van der Waals surface area contributed by atoms with Gasteiger partial charge in [-0.25, -0.2) is 8.42 Å². The van der Waals surface area contributed by atoms with Crippen LogP contribution in [0.4, 0.5) is 0 Å². The molecule has 2 rings (SSSR count). The zero-order chi connectivity index (χ0) is 13.2. The van der Waals surface area contributed by atoms with E-state index in [-0.39, 0.29) is 23.6 Å². The summed E-state index contributed by atoms with van der Waals surface area (Å²) in [5.74, 6) is 0.423. The third kappa shape index (κ3) is 3.07. The van der Waals surface area contributed by atoms with Crippen LogP contribution < -0.4 is 5.73 Å². The summed E-state index contributed by atoms with van der Waals surface area (Å²) in [4.78, 5) is 6.46. The summed E-state index contributed by atoms with van der Waals surface area (Å²) in [7, 11) is -2.86. The molecule has 5 nitrogen and oxygen atoms in total. The Morgan fingerprint density at radius 3 is 2.50 bits per heavy atom. The van der Waals surface area contributed by atoms with E-state index >= 15 is 0 Å². The number of hydrogen-bond acceptors (Lipinski definition) is 5. The molecular weight excluding hydrogens is 250 g/mol. The van der Waals surface area contributed by atoms with Crippen LogP contribution in [0, 0.1) is 0 Å². The molecule has 2 unspecified atom stereocenters. The minimum Gasteiger partial charge on any atom is -0.326 e. The van der Waals surface area contributed by atoms with Gasteiger partial charge in [-0.1, -0.05) is 6.07 Å². The largest absolute Gasteiger partial charge is 0.326 e. The molecule has 0 spiro atoms. The third-order valence-electron chi connectivity index (χ3n) is 3.26. The third-order valence-corrected chi connectivity index (χ3v) is 4.87. The van der Waals surface area contributed by atoms with Crippen molar-refractivity contribution in [2.24, 2.45) is 5.73 Å². The van der Waals surface area contributed by atoms with E-state index in [2.05, 4.69) is 9.88 Å². The number of pyridine rings is 1. The van der Waals surface area contributed by atoms with Gasteiger partial charge in [0.15, 0.2) is 9.84 Å². The molecule has 100 valence electrons. The van der Waals surface area contributed by atoms with Crippen LogP contribution in [0.15, 0.2) is 24.4 Å². The Balaban J connectivity index is 2.18. The number of rotatable bonds is 3. The zero-order valence-corrected chi connectivity index (χ0v) is 11.3. The van der Waals surface area contributed by atoms with Crippen molar-refractivity contribution < 1.29 is 8.42 Å². The van der Waals surface area contributed by atoms with Gasteiger partial charge in [0.1, 0.15) is 0 Å². The molecule has 0 saturated carbocycles. The van der Waals surface area contributed by atoms with Gasteiger partial charge in [-0.3, -0.25) is 9.88 Å². The van der Waals surface area contributed by atoms with Gasteiger partial charge in [-0.15, -0.1) is 0 Å². The molecule has 0 radical (unpaired) electrons. The Morgan fingerprint density at radius 1 is 1.33 bits per heavy atom. The van der Waals surface area contributed by atoms with Crippen LogP contribution in [-0.4, -0.2) is 48.9 Å². The first kappa shape index (κ1) is 13.5. The standard InChI is InChI=1S/C12H19N3O2S/c1-10(13)12(11-4-2-3-5-14-11)15-6-8-18(16,17)9-7-15/h2-5,10,12H,6-9,13H2,1H3. The second kappa shape index (κ2) is 5.34. The summed E-state index contributed by atoms with van der Waals surface area (Å²) in [5.41, 5.74) is 6.95. The minimum absolute atomic E-state index is 0.0123. The van der Waals surface area contributed by atoms with E-state index in [1.54, 1.807) is 6.20 Å². The van der Waals surface area contributed by atoms with Crippen LogP contribution >= 0.6 is 0 Å². The molecule has 2 atom stereocenters. The smallest absolute Gasteiger partial charge is 0.152 e. The monoisotopic (exact) mass is 269 g/mol. The summed E-state index contributed by atoms with van der Waals surface area (Å²) >= 11 is 0. The molecule has 2 heterocycles. The molecule has 0 amide bonds. The van der Waals surface area contributed by atoms with Crippen molar-refractivity contribution >= 4 is 9.84 Å². The molecular formula is C12H19N3O2S. The average molecular weight is 269 g/mol. The van der Waals surface area contributed by atoms with Crippen molar-refractivity contribution in [1.29, 1.82) is 0 Å². The normalized spacial score (nSPS) is 23.4. The van der Waals surface area contributed by atoms with E-state index in [9.17, 15) is 8.42 Å². The molecule has 1 fully saturated rings. The van der Waals surface area contributed by atoms with Crippen LogP contribution in [0.1, 0.15) is 18.7 Å². The molecule has 1 aliphatic rings. The van der Waals surface area contributed by atoms with Gasteiger partial charge in [0, 0.05) is 25.3 Å². The van der Waals surface area contributed by atoms with E-state index in [1.807, 2.05) is 25.1 Å². The molecule has 0 bridgehead atoms. The zero-order valence-electron chi connectivity index (χ0n) is 10.5. The van der Waals surface area contributed by atoms with E-state index in [1.165, 1.54) is 0 Å². The minimum atomic E-state index is -2.86. The Morgan fingerprint density at radius 2 is 2.00 bits per heavy atom. The molecule has 1 aromatic heterocycles. The maximum absolute atomic E-state index is 11.5. The summed E-state index contributed by atoms with van der Waals surface area (Å²) in [6, 6.07) is 5.64. The topological polar surface area (TPSA) is 76.3 Å². The van der Waals surface area contributed by atoms with Crippen molar-refractivity contribution in [2.45, 2.75) is 19.0 Å². The first-order chi connectivity index (χ1) is 8.49. The van der Waals surface area contributed by atoms with Gasteiger partial charge in [0.2, 0.25) is 0 Å². The molecule has 0 aliphatic carbocycles. The maximum atomic E-state index is 11.5. The maximum Gasteiger partial charge on any atom is 0.152 e. The van der Waals surface area contributed by atoms with Crippen molar-refractivity contribution in [3.63, 3.8) is 0 Å². The summed E-state index contributed by atoms with van der Waals surface area (Å²) in [6.45, 7) is 3.00. The van der Waals surface area contributed by atoms with E-state index in [0.29, 0.717) is 13.1 Å². The van der Waals surface area contributed by atoms with Crippen LogP contribution in [0.25, 0.3) is 0 Å². The SMILES string of the molecule is CC(N)C(c1ccccn1)N1CCS(=O)(=O)CC1. The van der Waals surface area contributed by atoms with Gasteiger partial charge in [-0.2, -0.15) is 0 Å². The molecule has 2 N–H and O–H groups in total. The quantitative estimate of drug-likeness (QED) is 0.848. The highest BCUT2D eigenvalue weighted by Crippen LogP contribution is 2.23. The summed E-state index contributed by atoms with van der Waals surface area (Å²) < 4.78 is 22.9. The first-order valence-electron chi connectivity index (χ1n) is 6.10. The number of aromatic nitrogens is 1. The first-order valence-corrected chi connectivity index (χ1v) is 7.93. The molecule has 1 saturated heterocycles. The van der Waals surface area contributed by atoms with Gasteiger partial charge < -0.3 is 5.73 Å². The van der Waals surface area contributed by atoms with Crippen molar-refractivity contribution in [3.8, 4) is 0 Å². The van der Waals surface area contributed by atoms with E-state index < -0.39 is 9.84 Å². The fraction of sp³-hybridized carbons (Fsp3) is 0.583. The number of nitrogens with zero attached hydrogens (tertiary/aromatic N) is 2. The lowest BCUT2D eigenvalue weighted by Gasteiger charge is -2.36. The van der Waals surface area contributed by atoms with Crippen LogP contribution in [0.2, 0.25) is 0 Å². The highest BCUT2D eigenvalue weighted by molar-refractivity contribution is 7.91. The van der Waals surface area contributed by atoms with Gasteiger partial charge >= 0.3 is 0 Å². The van der Waals surface area contributed by atoms with Gasteiger partial charge in [0.05, 0.1) is 23.2 Å². The molecule has 18 heavy (non-hydrogen) atoms. The Kier molecular flexibility index (Phi) is 3.99. The number of hydrogen-bond donors (Lipinski definition) is 1. The molecule has 6 heteroatoms. The lowest BCUT2D eigenvalue weighted by Crippen LogP contribution is -2.47. The molecule has 1 aliphatic heterocycles. The predicted molar refractivity (Wildman–Crippen MR) is 70.9 cm³/mol. The highest BCUT2D eigenvalue weighted by atomic mass is 32.2. The van der Waals surface area contributed by atoms with Crippen LogP contribution in [0.5, 0.6) is 0 Å². The lowest BCUT2D eigenvalue weighted by molar-refractivity contribution is 0.187. The Labute approximate surface area is 108 Å². The Bertz CT molecular complexity index is 473. The second-order valence-corrected chi connectivity index (χ2v) is 7.05. The summed E-state index contributed by atoms with van der Waals surface area (Å²) in [5, 5.41) is 0.